The highest BCUT2D eigenvalue weighted by atomic mass is 32.1. The number of carbonyl (C=O) groups is 1. The molecule has 1 aromatic carbocycles. The highest BCUT2D eigenvalue weighted by Gasteiger charge is 2.11. The molecule has 3 nitrogen and oxygen atoms in total. The van der Waals surface area contributed by atoms with E-state index in [1.165, 1.54) is 0 Å². The first-order valence-corrected chi connectivity index (χ1v) is 7.26. The minimum Gasteiger partial charge on any atom is -0.494 e. The SMILES string of the molecule is CCOc1cccc(C(=O)c2cnc3ccsc3c2)c1. The summed E-state index contributed by atoms with van der Waals surface area (Å²) in [6, 6.07) is 11.1. The van der Waals surface area contributed by atoms with Crippen LogP contribution in [0, 0.1) is 0 Å². The molecule has 0 aliphatic rings. The van der Waals surface area contributed by atoms with Crippen LogP contribution in [0.15, 0.2) is 48.0 Å². The molecular weight excluding hydrogens is 270 g/mol. The summed E-state index contributed by atoms with van der Waals surface area (Å²) in [6.45, 7) is 2.50. The molecule has 0 amide bonds. The van der Waals surface area contributed by atoms with Gasteiger partial charge in [-0.2, -0.15) is 0 Å². The Labute approximate surface area is 120 Å². The molecule has 0 atom stereocenters. The Morgan fingerprint density at radius 3 is 3.00 bits per heavy atom. The van der Waals surface area contributed by atoms with E-state index in [1.807, 2.05) is 36.6 Å². The van der Waals surface area contributed by atoms with Gasteiger partial charge in [-0.1, -0.05) is 12.1 Å². The van der Waals surface area contributed by atoms with Crippen LogP contribution >= 0.6 is 11.3 Å². The lowest BCUT2D eigenvalue weighted by Crippen LogP contribution is -2.02. The van der Waals surface area contributed by atoms with Crippen molar-refractivity contribution in [3.8, 4) is 5.75 Å². The van der Waals surface area contributed by atoms with Gasteiger partial charge in [-0.3, -0.25) is 9.78 Å². The predicted molar refractivity (Wildman–Crippen MR) is 80.7 cm³/mol. The second kappa shape index (κ2) is 5.43. The molecule has 3 aromatic rings. The van der Waals surface area contributed by atoms with E-state index in [0.29, 0.717) is 23.5 Å². The van der Waals surface area contributed by atoms with Crippen molar-refractivity contribution < 1.29 is 9.53 Å². The maximum Gasteiger partial charge on any atom is 0.194 e. The van der Waals surface area contributed by atoms with Crippen molar-refractivity contribution in [2.24, 2.45) is 0 Å². The van der Waals surface area contributed by atoms with Crippen molar-refractivity contribution in [3.63, 3.8) is 0 Å². The molecule has 100 valence electrons. The highest BCUT2D eigenvalue weighted by Crippen LogP contribution is 2.22. The quantitative estimate of drug-likeness (QED) is 0.681. The van der Waals surface area contributed by atoms with E-state index in [1.54, 1.807) is 29.7 Å². The zero-order chi connectivity index (χ0) is 13.9. The van der Waals surface area contributed by atoms with Crippen molar-refractivity contribution in [2.45, 2.75) is 6.92 Å². The van der Waals surface area contributed by atoms with Crippen molar-refractivity contribution in [3.05, 3.63) is 59.1 Å². The molecule has 20 heavy (non-hydrogen) atoms. The maximum atomic E-state index is 12.5. The Morgan fingerprint density at radius 2 is 2.15 bits per heavy atom. The van der Waals surface area contributed by atoms with E-state index in [0.717, 1.165) is 10.2 Å². The van der Waals surface area contributed by atoms with E-state index in [9.17, 15) is 4.79 Å². The summed E-state index contributed by atoms with van der Waals surface area (Å²) < 4.78 is 6.45. The fourth-order valence-corrected chi connectivity index (χ4v) is 2.81. The topological polar surface area (TPSA) is 39.2 Å². The molecule has 0 spiro atoms. The molecule has 0 saturated carbocycles. The number of rotatable bonds is 4. The summed E-state index contributed by atoms with van der Waals surface area (Å²) in [4.78, 5) is 16.8. The monoisotopic (exact) mass is 283 g/mol. The van der Waals surface area contributed by atoms with Crippen LogP contribution in [-0.2, 0) is 0 Å². The Morgan fingerprint density at radius 1 is 1.25 bits per heavy atom. The molecule has 3 rings (SSSR count). The average Bonchev–Trinajstić information content (AvgIpc) is 2.94. The number of thiophene rings is 1. The van der Waals surface area contributed by atoms with Crippen LogP contribution in [0.25, 0.3) is 10.2 Å². The molecule has 0 fully saturated rings. The normalized spacial score (nSPS) is 10.7. The van der Waals surface area contributed by atoms with Gasteiger partial charge in [0.05, 0.1) is 16.8 Å². The summed E-state index contributed by atoms with van der Waals surface area (Å²) >= 11 is 1.59. The predicted octanol–water partition coefficient (Wildman–Crippen LogP) is 3.93. The van der Waals surface area contributed by atoms with Gasteiger partial charge >= 0.3 is 0 Å². The summed E-state index contributed by atoms with van der Waals surface area (Å²) in [6.07, 6.45) is 1.63. The summed E-state index contributed by atoms with van der Waals surface area (Å²) in [7, 11) is 0. The molecule has 0 bridgehead atoms. The van der Waals surface area contributed by atoms with Crippen LogP contribution in [0.4, 0.5) is 0 Å². The third-order valence-corrected chi connectivity index (χ3v) is 3.83. The highest BCUT2D eigenvalue weighted by molar-refractivity contribution is 7.17. The fourth-order valence-electron chi connectivity index (χ4n) is 2.03. The summed E-state index contributed by atoms with van der Waals surface area (Å²) in [5, 5.41) is 1.97. The largest absolute Gasteiger partial charge is 0.494 e. The van der Waals surface area contributed by atoms with Gasteiger partial charge in [0.25, 0.3) is 0 Å². The lowest BCUT2D eigenvalue weighted by atomic mass is 10.0. The number of pyridine rings is 1. The number of hydrogen-bond acceptors (Lipinski definition) is 4. The van der Waals surface area contributed by atoms with Gasteiger partial charge in [0, 0.05) is 17.3 Å². The van der Waals surface area contributed by atoms with E-state index >= 15 is 0 Å². The molecule has 0 aliphatic heterocycles. The number of ether oxygens (including phenoxy) is 1. The lowest BCUT2D eigenvalue weighted by molar-refractivity contribution is 0.103. The van der Waals surface area contributed by atoms with Crippen LogP contribution in [0.1, 0.15) is 22.8 Å². The minimum absolute atomic E-state index is 0.0330. The first kappa shape index (κ1) is 12.8. The molecule has 0 saturated heterocycles. The van der Waals surface area contributed by atoms with Gasteiger partial charge in [0.15, 0.2) is 5.78 Å². The van der Waals surface area contributed by atoms with Crippen molar-refractivity contribution in [1.29, 1.82) is 0 Å². The number of ketones is 1. The Hall–Kier alpha value is -2.20. The van der Waals surface area contributed by atoms with Gasteiger partial charge in [-0.15, -0.1) is 11.3 Å². The number of fused-ring (bicyclic) bond motifs is 1. The standard InChI is InChI=1S/C16H13NO2S/c1-2-19-13-5-3-4-11(8-13)16(18)12-9-15-14(17-10-12)6-7-20-15/h3-10H,2H2,1H3. The molecule has 0 unspecified atom stereocenters. The van der Waals surface area contributed by atoms with E-state index in [-0.39, 0.29) is 5.78 Å². The first-order valence-electron chi connectivity index (χ1n) is 6.39. The fraction of sp³-hybridized carbons (Fsp3) is 0.125. The zero-order valence-electron chi connectivity index (χ0n) is 11.0. The smallest absolute Gasteiger partial charge is 0.194 e. The van der Waals surface area contributed by atoms with Crippen LogP contribution < -0.4 is 4.74 Å². The van der Waals surface area contributed by atoms with Crippen LogP contribution in [-0.4, -0.2) is 17.4 Å². The molecule has 2 aromatic heterocycles. The number of carbonyl (C=O) groups excluding carboxylic acids is 1. The summed E-state index contributed by atoms with van der Waals surface area (Å²) in [5.41, 5.74) is 2.15. The van der Waals surface area contributed by atoms with Gasteiger partial charge in [-0.25, -0.2) is 0 Å². The lowest BCUT2D eigenvalue weighted by Gasteiger charge is -2.05. The van der Waals surface area contributed by atoms with Gasteiger partial charge < -0.3 is 4.74 Å². The number of nitrogens with zero attached hydrogens (tertiary/aromatic N) is 1. The van der Waals surface area contributed by atoms with Crippen molar-refractivity contribution in [1.82, 2.24) is 4.98 Å². The van der Waals surface area contributed by atoms with E-state index in [4.69, 9.17) is 4.74 Å². The number of benzene rings is 1. The second-order valence-electron chi connectivity index (χ2n) is 4.32. The van der Waals surface area contributed by atoms with Crippen molar-refractivity contribution in [2.75, 3.05) is 6.61 Å². The third-order valence-electron chi connectivity index (χ3n) is 2.97. The average molecular weight is 283 g/mol. The molecule has 0 N–H and O–H groups in total. The second-order valence-corrected chi connectivity index (χ2v) is 5.27. The van der Waals surface area contributed by atoms with Gasteiger partial charge in [0.2, 0.25) is 0 Å². The number of hydrogen-bond donors (Lipinski definition) is 0. The Bertz CT molecular complexity index is 764. The Balaban J connectivity index is 1.96. The minimum atomic E-state index is -0.0330. The first-order chi connectivity index (χ1) is 9.78. The third kappa shape index (κ3) is 2.42. The maximum absolute atomic E-state index is 12.5. The van der Waals surface area contributed by atoms with E-state index < -0.39 is 0 Å². The van der Waals surface area contributed by atoms with Gasteiger partial charge in [-0.05, 0) is 36.6 Å². The summed E-state index contributed by atoms with van der Waals surface area (Å²) in [5.74, 6) is 0.679. The van der Waals surface area contributed by atoms with Crippen LogP contribution in [0.5, 0.6) is 5.75 Å². The molecule has 0 aliphatic carbocycles. The zero-order valence-corrected chi connectivity index (χ0v) is 11.8. The van der Waals surface area contributed by atoms with Crippen molar-refractivity contribution >= 4 is 27.3 Å². The number of aromatic nitrogens is 1. The van der Waals surface area contributed by atoms with Crippen LogP contribution in [0.3, 0.4) is 0 Å². The molecular formula is C16H13NO2S. The molecule has 4 heteroatoms. The molecule has 2 heterocycles. The van der Waals surface area contributed by atoms with E-state index in [2.05, 4.69) is 4.98 Å². The van der Waals surface area contributed by atoms with Gasteiger partial charge in [0.1, 0.15) is 5.75 Å². The Kier molecular flexibility index (Phi) is 3.48. The molecule has 0 radical (unpaired) electrons. The van der Waals surface area contributed by atoms with Crippen LogP contribution in [0.2, 0.25) is 0 Å².